The van der Waals surface area contributed by atoms with Gasteiger partial charge in [-0.3, -0.25) is 14.7 Å². The summed E-state index contributed by atoms with van der Waals surface area (Å²) in [5, 5.41) is 7.17. The van der Waals surface area contributed by atoms with Gasteiger partial charge in [-0.1, -0.05) is 6.92 Å². The van der Waals surface area contributed by atoms with Crippen molar-refractivity contribution in [3.8, 4) is 0 Å². The Morgan fingerprint density at radius 2 is 2.00 bits per heavy atom. The fourth-order valence-corrected chi connectivity index (χ4v) is 2.72. The zero-order valence-corrected chi connectivity index (χ0v) is 13.1. The lowest BCUT2D eigenvalue weighted by Crippen LogP contribution is -2.37. The molecular weight excluding hydrogens is 268 g/mol. The van der Waals surface area contributed by atoms with Gasteiger partial charge in [0.05, 0.1) is 0 Å². The molecule has 1 aromatic heterocycles. The second kappa shape index (κ2) is 6.74. The Hall–Kier alpha value is -1.85. The third-order valence-electron chi connectivity index (χ3n) is 4.00. The molecule has 0 bridgehead atoms. The van der Waals surface area contributed by atoms with E-state index in [1.54, 1.807) is 4.90 Å². The molecule has 0 spiro atoms. The summed E-state index contributed by atoms with van der Waals surface area (Å²) in [6.45, 7) is 8.43. The lowest BCUT2D eigenvalue weighted by atomic mass is 10.0. The van der Waals surface area contributed by atoms with Crippen LogP contribution in [0.4, 0.5) is 0 Å². The Bertz CT molecular complexity index is 520. The van der Waals surface area contributed by atoms with Gasteiger partial charge in [-0.25, -0.2) is 0 Å². The fraction of sp³-hybridized carbons (Fsp3) is 0.667. The van der Waals surface area contributed by atoms with Crippen LogP contribution in [0.2, 0.25) is 0 Å². The molecule has 1 N–H and O–H groups in total. The number of amides is 2. The first-order valence-electron chi connectivity index (χ1n) is 7.75. The van der Waals surface area contributed by atoms with Crippen molar-refractivity contribution in [2.75, 3.05) is 19.6 Å². The zero-order valence-electron chi connectivity index (χ0n) is 13.1. The van der Waals surface area contributed by atoms with Gasteiger partial charge >= 0.3 is 0 Å². The highest BCUT2D eigenvalue weighted by Crippen LogP contribution is 2.22. The van der Waals surface area contributed by atoms with E-state index in [0.29, 0.717) is 38.3 Å². The summed E-state index contributed by atoms with van der Waals surface area (Å²) in [7, 11) is 0. The summed E-state index contributed by atoms with van der Waals surface area (Å²) < 4.78 is 0. The molecule has 2 amide bonds. The molecular formula is C15H24N4O2. The van der Waals surface area contributed by atoms with Crippen LogP contribution in [-0.2, 0) is 17.8 Å². The van der Waals surface area contributed by atoms with Gasteiger partial charge in [0.2, 0.25) is 5.91 Å². The van der Waals surface area contributed by atoms with E-state index in [-0.39, 0.29) is 11.8 Å². The van der Waals surface area contributed by atoms with Crippen LogP contribution in [-0.4, -0.2) is 51.4 Å². The summed E-state index contributed by atoms with van der Waals surface area (Å²) in [5.41, 5.74) is 2.36. The summed E-state index contributed by atoms with van der Waals surface area (Å²) in [6, 6.07) is 0. The Balaban J connectivity index is 2.20. The van der Waals surface area contributed by atoms with Crippen LogP contribution in [0.3, 0.4) is 0 Å². The standard InChI is InChI=1S/C15H24N4O2/c1-4-7-13(20)19-9-8-12-11(10-19)14(17-16-12)15(21)18(5-2)6-3/h4-10H2,1-3H3,(H,16,17). The summed E-state index contributed by atoms with van der Waals surface area (Å²) in [6.07, 6.45) is 2.15. The van der Waals surface area contributed by atoms with Gasteiger partial charge in [-0.05, 0) is 20.3 Å². The number of aromatic nitrogens is 2. The first kappa shape index (κ1) is 15.5. The van der Waals surface area contributed by atoms with E-state index in [2.05, 4.69) is 10.2 Å². The molecule has 1 aliphatic heterocycles. The maximum Gasteiger partial charge on any atom is 0.274 e. The third kappa shape index (κ3) is 3.09. The highest BCUT2D eigenvalue weighted by Gasteiger charge is 2.28. The Morgan fingerprint density at radius 1 is 1.29 bits per heavy atom. The molecule has 1 aromatic rings. The minimum Gasteiger partial charge on any atom is -0.338 e. The molecule has 2 heterocycles. The van der Waals surface area contributed by atoms with E-state index in [1.165, 1.54) is 0 Å². The van der Waals surface area contributed by atoms with Gasteiger partial charge in [0.15, 0.2) is 5.69 Å². The first-order chi connectivity index (χ1) is 10.1. The van der Waals surface area contributed by atoms with Gasteiger partial charge < -0.3 is 9.80 Å². The lowest BCUT2D eigenvalue weighted by molar-refractivity contribution is -0.132. The molecule has 116 valence electrons. The topological polar surface area (TPSA) is 69.3 Å². The molecule has 2 rings (SSSR count). The average Bonchev–Trinajstić information content (AvgIpc) is 2.91. The summed E-state index contributed by atoms with van der Waals surface area (Å²) >= 11 is 0. The van der Waals surface area contributed by atoms with Crippen LogP contribution >= 0.6 is 0 Å². The van der Waals surface area contributed by atoms with Crippen LogP contribution in [0.5, 0.6) is 0 Å². The molecule has 1 aliphatic rings. The van der Waals surface area contributed by atoms with Crippen LogP contribution in [0.15, 0.2) is 0 Å². The molecule has 21 heavy (non-hydrogen) atoms. The van der Waals surface area contributed by atoms with E-state index in [4.69, 9.17) is 0 Å². The van der Waals surface area contributed by atoms with Crippen molar-refractivity contribution in [1.82, 2.24) is 20.0 Å². The quantitative estimate of drug-likeness (QED) is 0.895. The zero-order chi connectivity index (χ0) is 15.4. The van der Waals surface area contributed by atoms with Gasteiger partial charge in [-0.15, -0.1) is 0 Å². The van der Waals surface area contributed by atoms with Crippen molar-refractivity contribution in [2.45, 2.75) is 46.6 Å². The molecule has 0 fully saturated rings. The van der Waals surface area contributed by atoms with E-state index in [0.717, 1.165) is 24.1 Å². The number of hydrogen-bond acceptors (Lipinski definition) is 3. The van der Waals surface area contributed by atoms with Gasteiger partial charge in [0.1, 0.15) is 0 Å². The highest BCUT2D eigenvalue weighted by atomic mass is 16.2. The molecule has 0 saturated carbocycles. The smallest absolute Gasteiger partial charge is 0.274 e. The Kier molecular flexibility index (Phi) is 4.98. The molecule has 0 radical (unpaired) electrons. The van der Waals surface area contributed by atoms with Crippen molar-refractivity contribution in [3.05, 3.63) is 17.0 Å². The SMILES string of the molecule is CCCC(=O)N1CCc2[nH]nc(C(=O)N(CC)CC)c2C1. The van der Waals surface area contributed by atoms with Gasteiger partial charge in [0.25, 0.3) is 5.91 Å². The van der Waals surface area contributed by atoms with E-state index in [1.807, 2.05) is 25.7 Å². The number of nitrogens with one attached hydrogen (secondary N) is 1. The van der Waals surface area contributed by atoms with Crippen LogP contribution in [0, 0.1) is 0 Å². The van der Waals surface area contributed by atoms with E-state index >= 15 is 0 Å². The molecule has 0 unspecified atom stereocenters. The Labute approximate surface area is 125 Å². The fourth-order valence-electron chi connectivity index (χ4n) is 2.72. The van der Waals surface area contributed by atoms with Crippen molar-refractivity contribution in [1.29, 1.82) is 0 Å². The van der Waals surface area contributed by atoms with Crippen LogP contribution in [0.1, 0.15) is 55.4 Å². The van der Waals surface area contributed by atoms with Gasteiger partial charge in [0, 0.05) is 50.3 Å². The number of aromatic amines is 1. The number of rotatable bonds is 5. The monoisotopic (exact) mass is 292 g/mol. The number of carbonyl (C=O) groups is 2. The number of carbonyl (C=O) groups excluding carboxylic acids is 2. The molecule has 6 nitrogen and oxygen atoms in total. The van der Waals surface area contributed by atoms with Crippen molar-refractivity contribution >= 4 is 11.8 Å². The maximum atomic E-state index is 12.5. The minimum absolute atomic E-state index is 0.0534. The summed E-state index contributed by atoms with van der Waals surface area (Å²) in [5.74, 6) is 0.105. The molecule has 6 heteroatoms. The number of H-pyrrole nitrogens is 1. The molecule has 0 saturated heterocycles. The second-order valence-corrected chi connectivity index (χ2v) is 5.32. The molecule has 0 aromatic carbocycles. The molecule has 0 aliphatic carbocycles. The normalized spacial score (nSPS) is 14.0. The van der Waals surface area contributed by atoms with E-state index < -0.39 is 0 Å². The van der Waals surface area contributed by atoms with Crippen molar-refractivity contribution in [2.24, 2.45) is 0 Å². The van der Waals surface area contributed by atoms with Crippen molar-refractivity contribution in [3.63, 3.8) is 0 Å². The number of hydrogen-bond donors (Lipinski definition) is 1. The lowest BCUT2D eigenvalue weighted by Gasteiger charge is -2.27. The average molecular weight is 292 g/mol. The first-order valence-corrected chi connectivity index (χ1v) is 7.75. The number of nitrogens with zero attached hydrogens (tertiary/aromatic N) is 3. The van der Waals surface area contributed by atoms with Gasteiger partial charge in [-0.2, -0.15) is 5.10 Å². The predicted molar refractivity (Wildman–Crippen MR) is 79.9 cm³/mol. The van der Waals surface area contributed by atoms with Crippen molar-refractivity contribution < 1.29 is 9.59 Å². The highest BCUT2D eigenvalue weighted by molar-refractivity contribution is 5.94. The summed E-state index contributed by atoms with van der Waals surface area (Å²) in [4.78, 5) is 28.1. The maximum absolute atomic E-state index is 12.5. The predicted octanol–water partition coefficient (Wildman–Crippen LogP) is 1.58. The molecule has 0 atom stereocenters. The second-order valence-electron chi connectivity index (χ2n) is 5.32. The Morgan fingerprint density at radius 3 is 2.62 bits per heavy atom. The van der Waals surface area contributed by atoms with E-state index in [9.17, 15) is 9.59 Å². The third-order valence-corrected chi connectivity index (χ3v) is 4.00. The largest absolute Gasteiger partial charge is 0.338 e. The minimum atomic E-state index is -0.0534. The number of fused-ring (bicyclic) bond motifs is 1. The van der Waals surface area contributed by atoms with Crippen LogP contribution < -0.4 is 0 Å². The van der Waals surface area contributed by atoms with Crippen LogP contribution in [0.25, 0.3) is 0 Å².